The van der Waals surface area contributed by atoms with Gasteiger partial charge >= 0.3 is 0 Å². The number of rotatable bonds is 4. The summed E-state index contributed by atoms with van der Waals surface area (Å²) < 4.78 is 0. The van der Waals surface area contributed by atoms with Crippen molar-refractivity contribution in [3.8, 4) is 0 Å². The fraction of sp³-hybridized carbons (Fsp3) is 0.393. The van der Waals surface area contributed by atoms with E-state index >= 15 is 0 Å². The normalized spacial score (nSPS) is 18.4. The van der Waals surface area contributed by atoms with Crippen LogP contribution in [0.2, 0.25) is 0 Å². The Labute approximate surface area is 221 Å². The molecule has 0 saturated carbocycles. The van der Waals surface area contributed by atoms with Gasteiger partial charge < -0.3 is 14.7 Å². The van der Waals surface area contributed by atoms with Crippen molar-refractivity contribution < 1.29 is 4.79 Å². The number of pyridine rings is 2. The molecule has 0 bridgehead atoms. The number of amides is 1. The van der Waals surface area contributed by atoms with Crippen LogP contribution in [0.15, 0.2) is 48.9 Å². The maximum atomic E-state index is 14.0. The van der Waals surface area contributed by atoms with Crippen LogP contribution in [0.5, 0.6) is 0 Å². The van der Waals surface area contributed by atoms with Gasteiger partial charge in [0, 0.05) is 51.3 Å². The number of piperazine rings is 1. The Balaban J connectivity index is 1.31. The number of hydrogen-bond acceptors (Lipinski definition) is 8. The highest BCUT2D eigenvalue weighted by Gasteiger charge is 2.32. The lowest BCUT2D eigenvalue weighted by molar-refractivity contribution is 0.0615. The van der Waals surface area contributed by atoms with Crippen LogP contribution >= 0.6 is 11.3 Å². The van der Waals surface area contributed by atoms with E-state index in [1.165, 1.54) is 11.3 Å². The smallest absolute Gasteiger partial charge is 0.264 e. The lowest BCUT2D eigenvalue weighted by Crippen LogP contribution is -2.47. The van der Waals surface area contributed by atoms with Gasteiger partial charge in [0.2, 0.25) is 0 Å². The molecule has 2 saturated heterocycles. The number of carbonyl (C=O) groups is 1. The molecule has 8 nitrogen and oxygen atoms in total. The first-order valence-corrected chi connectivity index (χ1v) is 13.8. The molecule has 2 aliphatic rings. The molecule has 6 heterocycles. The summed E-state index contributed by atoms with van der Waals surface area (Å²) in [5, 5.41) is 1.01. The third-order valence-electron chi connectivity index (χ3n) is 7.46. The third kappa shape index (κ3) is 4.52. The summed E-state index contributed by atoms with van der Waals surface area (Å²) in [6, 6.07) is 10.1. The van der Waals surface area contributed by atoms with Crippen molar-refractivity contribution in [1.29, 1.82) is 0 Å². The molecule has 4 aromatic rings. The molecule has 0 radical (unpaired) electrons. The van der Waals surface area contributed by atoms with Crippen LogP contribution < -0.4 is 9.80 Å². The number of aryl methyl sites for hydroxylation is 2. The van der Waals surface area contributed by atoms with E-state index in [4.69, 9.17) is 9.97 Å². The van der Waals surface area contributed by atoms with Gasteiger partial charge in [-0.25, -0.2) is 15.0 Å². The van der Waals surface area contributed by atoms with E-state index in [-0.39, 0.29) is 11.9 Å². The van der Waals surface area contributed by atoms with Gasteiger partial charge in [0.1, 0.15) is 22.3 Å². The maximum absolute atomic E-state index is 14.0. The van der Waals surface area contributed by atoms with E-state index in [1.54, 1.807) is 6.20 Å². The van der Waals surface area contributed by atoms with E-state index in [0.29, 0.717) is 0 Å². The summed E-state index contributed by atoms with van der Waals surface area (Å²) >= 11 is 1.51. The second-order valence-corrected chi connectivity index (χ2v) is 10.8. The number of likely N-dealkylation sites (tertiary alicyclic amines) is 1. The number of anilines is 2. The molecule has 1 amide bonds. The molecule has 190 valence electrons. The summed E-state index contributed by atoms with van der Waals surface area (Å²) in [7, 11) is 0. The quantitative estimate of drug-likeness (QED) is 0.388. The molecule has 2 aliphatic heterocycles. The predicted molar refractivity (Wildman–Crippen MR) is 147 cm³/mol. The zero-order valence-corrected chi connectivity index (χ0v) is 22.1. The molecular formula is C28H31N7OS. The monoisotopic (exact) mass is 513 g/mol. The number of thiophene rings is 1. The number of carbonyl (C=O) groups excluding carboxylic acids is 1. The molecule has 0 spiro atoms. The van der Waals surface area contributed by atoms with Crippen molar-refractivity contribution in [2.75, 3.05) is 42.5 Å². The van der Waals surface area contributed by atoms with Crippen LogP contribution in [0.4, 0.5) is 11.6 Å². The fourth-order valence-corrected chi connectivity index (χ4v) is 6.74. The van der Waals surface area contributed by atoms with Gasteiger partial charge in [-0.05, 0) is 62.4 Å². The standard InChI is InChI=1S/C28H31N7OS/c1-19-24-26(34-16-14-33(15-17-34)23-10-3-5-12-30-23)31-20(2)32-27(24)37-25(19)28(36)35-13-6-4-9-22(35)21-8-7-11-29-18-21/h3,5,7-8,10-12,18,22H,4,6,9,13-17H2,1-2H3. The van der Waals surface area contributed by atoms with Crippen LogP contribution in [-0.2, 0) is 0 Å². The van der Waals surface area contributed by atoms with Crippen molar-refractivity contribution >= 4 is 39.1 Å². The topological polar surface area (TPSA) is 78.4 Å². The summed E-state index contributed by atoms with van der Waals surface area (Å²) in [6.07, 6.45) is 8.63. The highest BCUT2D eigenvalue weighted by molar-refractivity contribution is 7.20. The Kier molecular flexibility index (Phi) is 6.46. The molecule has 0 aliphatic carbocycles. The Morgan fingerprint density at radius 1 is 0.946 bits per heavy atom. The van der Waals surface area contributed by atoms with Gasteiger partial charge in [-0.1, -0.05) is 12.1 Å². The van der Waals surface area contributed by atoms with Gasteiger partial charge in [-0.3, -0.25) is 9.78 Å². The average molecular weight is 514 g/mol. The van der Waals surface area contributed by atoms with Crippen LogP contribution in [0, 0.1) is 13.8 Å². The Morgan fingerprint density at radius 2 is 1.78 bits per heavy atom. The summed E-state index contributed by atoms with van der Waals surface area (Å²) in [5.41, 5.74) is 2.10. The Morgan fingerprint density at radius 3 is 2.54 bits per heavy atom. The third-order valence-corrected chi connectivity index (χ3v) is 8.64. The van der Waals surface area contributed by atoms with Gasteiger partial charge in [0.25, 0.3) is 5.91 Å². The molecule has 1 unspecified atom stereocenters. The number of aromatic nitrogens is 4. The second kappa shape index (κ2) is 10.0. The highest BCUT2D eigenvalue weighted by Crippen LogP contribution is 2.39. The Bertz CT molecular complexity index is 1400. The van der Waals surface area contributed by atoms with Crippen LogP contribution in [0.1, 0.15) is 51.9 Å². The van der Waals surface area contributed by atoms with Gasteiger partial charge in [0.15, 0.2) is 0 Å². The minimum absolute atomic E-state index is 0.0616. The SMILES string of the molecule is Cc1nc(N2CCN(c3ccccn3)CC2)c2c(C)c(C(=O)N3CCCCC3c3cccnc3)sc2n1. The zero-order chi connectivity index (χ0) is 25.4. The van der Waals surface area contributed by atoms with Gasteiger partial charge in [-0.2, -0.15) is 0 Å². The molecule has 2 fully saturated rings. The Hall–Kier alpha value is -3.59. The van der Waals surface area contributed by atoms with E-state index in [0.717, 1.165) is 95.7 Å². The number of fused-ring (bicyclic) bond motifs is 1. The lowest BCUT2D eigenvalue weighted by atomic mass is 9.96. The minimum atomic E-state index is 0.0616. The van der Waals surface area contributed by atoms with Crippen LogP contribution in [0.25, 0.3) is 10.2 Å². The molecule has 1 atom stereocenters. The van der Waals surface area contributed by atoms with Crippen LogP contribution in [0.3, 0.4) is 0 Å². The zero-order valence-electron chi connectivity index (χ0n) is 21.3. The maximum Gasteiger partial charge on any atom is 0.264 e. The molecule has 4 aromatic heterocycles. The van der Waals surface area contributed by atoms with Crippen molar-refractivity contribution in [1.82, 2.24) is 24.8 Å². The number of piperidine rings is 1. The highest BCUT2D eigenvalue weighted by atomic mass is 32.1. The van der Waals surface area contributed by atoms with E-state index in [9.17, 15) is 4.79 Å². The van der Waals surface area contributed by atoms with Crippen molar-refractivity contribution in [2.24, 2.45) is 0 Å². The minimum Gasteiger partial charge on any atom is -0.353 e. The first-order valence-electron chi connectivity index (χ1n) is 13.0. The average Bonchev–Trinajstić information content (AvgIpc) is 3.29. The first-order chi connectivity index (χ1) is 18.1. The fourth-order valence-electron chi connectivity index (χ4n) is 5.57. The molecule has 0 aromatic carbocycles. The molecule has 0 N–H and O–H groups in total. The largest absolute Gasteiger partial charge is 0.353 e. The van der Waals surface area contributed by atoms with Crippen LogP contribution in [-0.4, -0.2) is 63.5 Å². The van der Waals surface area contributed by atoms with E-state index in [1.807, 2.05) is 42.4 Å². The van der Waals surface area contributed by atoms with Gasteiger partial charge in [0.05, 0.1) is 16.3 Å². The summed E-state index contributed by atoms with van der Waals surface area (Å²) in [5.74, 6) is 2.78. The molecular weight excluding hydrogens is 482 g/mol. The molecule has 6 rings (SSSR count). The molecule has 9 heteroatoms. The van der Waals surface area contributed by atoms with Crippen molar-refractivity contribution in [2.45, 2.75) is 39.2 Å². The lowest BCUT2D eigenvalue weighted by Gasteiger charge is -2.36. The van der Waals surface area contributed by atoms with Crippen molar-refractivity contribution in [3.63, 3.8) is 0 Å². The number of nitrogens with zero attached hydrogens (tertiary/aromatic N) is 7. The summed E-state index contributed by atoms with van der Waals surface area (Å²) in [6.45, 7) is 8.19. The van der Waals surface area contributed by atoms with Crippen molar-refractivity contribution in [3.05, 3.63) is 70.8 Å². The second-order valence-electron chi connectivity index (χ2n) is 9.79. The van der Waals surface area contributed by atoms with E-state index in [2.05, 4.69) is 38.8 Å². The van der Waals surface area contributed by atoms with Gasteiger partial charge in [-0.15, -0.1) is 11.3 Å². The number of hydrogen-bond donors (Lipinski definition) is 0. The molecule has 37 heavy (non-hydrogen) atoms. The van der Waals surface area contributed by atoms with E-state index < -0.39 is 0 Å². The first kappa shape index (κ1) is 23.8. The predicted octanol–water partition coefficient (Wildman–Crippen LogP) is 4.79. The summed E-state index contributed by atoms with van der Waals surface area (Å²) in [4.78, 5) is 40.8.